The molecular formula is C11H13NO3. The minimum atomic E-state index is -0.842. The molecule has 80 valence electrons. The summed E-state index contributed by atoms with van der Waals surface area (Å²) < 4.78 is 4.96. The highest BCUT2D eigenvalue weighted by molar-refractivity contribution is 5.70. The van der Waals surface area contributed by atoms with Gasteiger partial charge in [0.05, 0.1) is 13.5 Å². The van der Waals surface area contributed by atoms with E-state index >= 15 is 0 Å². The molecule has 0 spiro atoms. The fraction of sp³-hybridized carbons (Fsp3) is 0.273. The van der Waals surface area contributed by atoms with Gasteiger partial charge in [-0.3, -0.25) is 4.79 Å². The first-order valence-electron chi connectivity index (χ1n) is 4.52. The lowest BCUT2D eigenvalue weighted by Gasteiger charge is -2.02. The summed E-state index contributed by atoms with van der Waals surface area (Å²) in [7, 11) is 1.56. The first-order chi connectivity index (χ1) is 7.13. The van der Waals surface area contributed by atoms with Crippen molar-refractivity contribution in [2.24, 2.45) is 0 Å². The van der Waals surface area contributed by atoms with E-state index in [4.69, 9.17) is 9.84 Å². The van der Waals surface area contributed by atoms with Gasteiger partial charge < -0.3 is 9.84 Å². The van der Waals surface area contributed by atoms with Gasteiger partial charge in [0.25, 0.3) is 0 Å². The number of aromatic nitrogens is 1. The lowest BCUT2D eigenvalue weighted by atomic mass is 10.1. The van der Waals surface area contributed by atoms with Crippen LogP contribution in [0.2, 0.25) is 0 Å². The van der Waals surface area contributed by atoms with Crippen LogP contribution in [-0.2, 0) is 4.79 Å². The maximum absolute atomic E-state index is 10.3. The Kier molecular flexibility index (Phi) is 3.85. The molecule has 0 atom stereocenters. The molecule has 0 aromatic carbocycles. The van der Waals surface area contributed by atoms with Crippen molar-refractivity contribution in [2.75, 3.05) is 7.11 Å². The van der Waals surface area contributed by atoms with E-state index in [1.165, 1.54) is 0 Å². The Labute approximate surface area is 88.2 Å². The van der Waals surface area contributed by atoms with Crippen LogP contribution in [0.15, 0.2) is 18.3 Å². The summed E-state index contributed by atoms with van der Waals surface area (Å²) in [6.45, 7) is 1.92. The van der Waals surface area contributed by atoms with E-state index in [9.17, 15) is 4.79 Å². The number of hydrogen-bond donors (Lipinski definition) is 1. The molecule has 1 N–H and O–H groups in total. The number of hydrogen-bond acceptors (Lipinski definition) is 3. The molecule has 1 aromatic rings. The van der Waals surface area contributed by atoms with Crippen LogP contribution in [0, 0.1) is 6.92 Å². The van der Waals surface area contributed by atoms with Gasteiger partial charge in [0.15, 0.2) is 0 Å². The summed E-state index contributed by atoms with van der Waals surface area (Å²) in [4.78, 5) is 14.3. The maximum Gasteiger partial charge on any atom is 0.307 e. The first kappa shape index (κ1) is 11.2. The molecule has 0 aliphatic heterocycles. The number of carboxylic acids is 1. The fourth-order valence-electron chi connectivity index (χ4n) is 1.11. The smallest absolute Gasteiger partial charge is 0.307 e. The zero-order chi connectivity index (χ0) is 11.3. The summed E-state index contributed by atoms with van der Waals surface area (Å²) in [6, 6.07) is 1.81. The first-order valence-corrected chi connectivity index (χ1v) is 4.52. The second-order valence-electron chi connectivity index (χ2n) is 3.08. The summed E-state index contributed by atoms with van der Waals surface area (Å²) in [6.07, 6.45) is 5.02. The molecule has 0 aliphatic carbocycles. The standard InChI is InChI=1S/C11H13NO3/c1-8-6-10(15-2)12-7-9(8)4-3-5-11(13)14/h3-4,6-7H,5H2,1-2H3,(H,13,14). The largest absolute Gasteiger partial charge is 0.481 e. The number of pyridine rings is 1. The van der Waals surface area contributed by atoms with E-state index in [1.807, 2.05) is 6.92 Å². The Balaban J connectivity index is 2.78. The van der Waals surface area contributed by atoms with Crippen LogP contribution in [0.1, 0.15) is 17.5 Å². The quantitative estimate of drug-likeness (QED) is 0.819. The average Bonchev–Trinajstić information content (AvgIpc) is 2.20. The average molecular weight is 207 g/mol. The number of nitrogens with zero attached hydrogens (tertiary/aromatic N) is 1. The number of ether oxygens (including phenoxy) is 1. The second kappa shape index (κ2) is 5.14. The van der Waals surface area contributed by atoms with Gasteiger partial charge in [-0.25, -0.2) is 4.98 Å². The molecule has 4 nitrogen and oxygen atoms in total. The van der Waals surface area contributed by atoms with Crippen LogP contribution < -0.4 is 4.74 Å². The molecule has 15 heavy (non-hydrogen) atoms. The Morgan fingerprint density at radius 1 is 1.67 bits per heavy atom. The van der Waals surface area contributed by atoms with Gasteiger partial charge in [0, 0.05) is 12.3 Å². The summed E-state index contributed by atoms with van der Waals surface area (Å²) in [5, 5.41) is 8.46. The molecular weight excluding hydrogens is 194 g/mol. The minimum absolute atomic E-state index is 0.0193. The van der Waals surface area contributed by atoms with Crippen LogP contribution in [-0.4, -0.2) is 23.2 Å². The van der Waals surface area contributed by atoms with Crippen molar-refractivity contribution in [3.05, 3.63) is 29.5 Å². The van der Waals surface area contributed by atoms with Gasteiger partial charge in [0.2, 0.25) is 5.88 Å². The predicted molar refractivity (Wildman–Crippen MR) is 56.8 cm³/mol. The molecule has 1 aromatic heterocycles. The Hall–Kier alpha value is -1.84. The molecule has 4 heteroatoms. The van der Waals surface area contributed by atoms with Crippen molar-refractivity contribution in [1.29, 1.82) is 0 Å². The molecule has 0 saturated carbocycles. The van der Waals surface area contributed by atoms with E-state index in [0.717, 1.165) is 11.1 Å². The number of carboxylic acid groups (broad SMARTS) is 1. The number of aliphatic carboxylic acids is 1. The topological polar surface area (TPSA) is 59.4 Å². The van der Waals surface area contributed by atoms with Crippen molar-refractivity contribution in [3.8, 4) is 5.88 Å². The summed E-state index contributed by atoms with van der Waals surface area (Å²) in [5.74, 6) is -0.284. The minimum Gasteiger partial charge on any atom is -0.481 e. The second-order valence-corrected chi connectivity index (χ2v) is 3.08. The van der Waals surface area contributed by atoms with E-state index in [2.05, 4.69) is 4.98 Å². The third kappa shape index (κ3) is 3.42. The molecule has 0 unspecified atom stereocenters. The third-order valence-electron chi connectivity index (χ3n) is 1.93. The fourth-order valence-corrected chi connectivity index (χ4v) is 1.11. The number of aryl methyl sites for hydroxylation is 1. The van der Waals surface area contributed by atoms with Crippen LogP contribution in [0.25, 0.3) is 6.08 Å². The van der Waals surface area contributed by atoms with E-state index in [0.29, 0.717) is 5.88 Å². The molecule has 0 bridgehead atoms. The van der Waals surface area contributed by atoms with Crippen molar-refractivity contribution >= 4 is 12.0 Å². The van der Waals surface area contributed by atoms with E-state index in [-0.39, 0.29) is 6.42 Å². The lowest BCUT2D eigenvalue weighted by molar-refractivity contribution is -0.135. The van der Waals surface area contributed by atoms with Gasteiger partial charge >= 0.3 is 5.97 Å². The molecule has 0 amide bonds. The van der Waals surface area contributed by atoms with E-state index < -0.39 is 5.97 Å². The molecule has 1 rings (SSSR count). The Morgan fingerprint density at radius 3 is 2.93 bits per heavy atom. The highest BCUT2D eigenvalue weighted by Crippen LogP contribution is 2.14. The third-order valence-corrected chi connectivity index (χ3v) is 1.93. The van der Waals surface area contributed by atoms with Crippen LogP contribution in [0.3, 0.4) is 0 Å². The molecule has 0 radical (unpaired) electrons. The lowest BCUT2D eigenvalue weighted by Crippen LogP contribution is -1.92. The maximum atomic E-state index is 10.3. The van der Waals surface area contributed by atoms with Crippen LogP contribution in [0.4, 0.5) is 0 Å². The highest BCUT2D eigenvalue weighted by atomic mass is 16.5. The number of methoxy groups -OCH3 is 1. The Bertz CT molecular complexity index is 385. The Morgan fingerprint density at radius 2 is 2.40 bits per heavy atom. The predicted octanol–water partition coefficient (Wildman–Crippen LogP) is 1.89. The molecule has 0 saturated heterocycles. The number of carbonyl (C=O) groups is 1. The number of rotatable bonds is 4. The molecule has 0 aliphatic rings. The van der Waals surface area contributed by atoms with Gasteiger partial charge in [-0.2, -0.15) is 0 Å². The highest BCUT2D eigenvalue weighted by Gasteiger charge is 1.98. The van der Waals surface area contributed by atoms with Crippen molar-refractivity contribution in [1.82, 2.24) is 4.98 Å². The summed E-state index contributed by atoms with van der Waals surface area (Å²) >= 11 is 0. The van der Waals surface area contributed by atoms with Gasteiger partial charge in [-0.15, -0.1) is 0 Å². The molecule has 0 fully saturated rings. The van der Waals surface area contributed by atoms with Crippen molar-refractivity contribution in [2.45, 2.75) is 13.3 Å². The van der Waals surface area contributed by atoms with Crippen molar-refractivity contribution in [3.63, 3.8) is 0 Å². The SMILES string of the molecule is COc1cc(C)c(C=CCC(=O)O)cn1. The van der Waals surface area contributed by atoms with Crippen LogP contribution >= 0.6 is 0 Å². The van der Waals surface area contributed by atoms with Crippen molar-refractivity contribution < 1.29 is 14.6 Å². The van der Waals surface area contributed by atoms with Gasteiger partial charge in [0.1, 0.15) is 0 Å². The van der Waals surface area contributed by atoms with Crippen LogP contribution in [0.5, 0.6) is 5.88 Å². The normalized spacial score (nSPS) is 10.5. The molecule has 1 heterocycles. The van der Waals surface area contributed by atoms with Gasteiger partial charge in [-0.05, 0) is 18.1 Å². The zero-order valence-electron chi connectivity index (χ0n) is 8.73. The van der Waals surface area contributed by atoms with Gasteiger partial charge in [-0.1, -0.05) is 12.2 Å². The summed E-state index contributed by atoms with van der Waals surface area (Å²) in [5.41, 5.74) is 1.90. The monoisotopic (exact) mass is 207 g/mol. The van der Waals surface area contributed by atoms with E-state index in [1.54, 1.807) is 31.5 Å². The zero-order valence-corrected chi connectivity index (χ0v) is 8.73.